The quantitative estimate of drug-likeness (QED) is 0.744. The van der Waals surface area contributed by atoms with E-state index in [-0.39, 0.29) is 11.4 Å². The molecule has 1 fully saturated rings. The number of likely N-dealkylation sites (tertiary alicyclic amines) is 1. The molecule has 1 aromatic rings. The van der Waals surface area contributed by atoms with Gasteiger partial charge in [-0.05, 0) is 45.7 Å². The number of amides is 1. The molecule has 1 saturated heterocycles. The Morgan fingerprint density at radius 1 is 1.29 bits per heavy atom. The second-order valence-corrected chi connectivity index (χ2v) is 5.91. The van der Waals surface area contributed by atoms with Gasteiger partial charge in [-0.1, -0.05) is 6.07 Å². The summed E-state index contributed by atoms with van der Waals surface area (Å²) in [4.78, 5) is 18.7. The third-order valence-electron chi connectivity index (χ3n) is 3.95. The van der Waals surface area contributed by atoms with E-state index in [0.717, 1.165) is 17.7 Å². The zero-order chi connectivity index (χ0) is 12.8. The van der Waals surface area contributed by atoms with E-state index in [4.69, 9.17) is 0 Å². The maximum absolute atomic E-state index is 12.4. The molecule has 0 radical (unpaired) electrons. The molecule has 0 bridgehead atoms. The van der Waals surface area contributed by atoms with Gasteiger partial charge in [-0.3, -0.25) is 9.78 Å². The summed E-state index contributed by atoms with van der Waals surface area (Å²) in [6.07, 6.45) is 2.64. The fourth-order valence-electron chi connectivity index (χ4n) is 2.70. The Morgan fingerprint density at radius 3 is 2.35 bits per heavy atom. The highest BCUT2D eigenvalue weighted by atomic mass is 16.2. The van der Waals surface area contributed by atoms with E-state index in [1.807, 2.05) is 44.1 Å². The first-order valence-corrected chi connectivity index (χ1v) is 5.99. The molecular weight excluding hydrogens is 212 g/mol. The molecule has 0 N–H and O–H groups in total. The lowest BCUT2D eigenvalue weighted by Crippen LogP contribution is -2.38. The summed E-state index contributed by atoms with van der Waals surface area (Å²) in [5.74, 6) is 0.166. The van der Waals surface area contributed by atoms with Gasteiger partial charge in [-0.2, -0.15) is 0 Å². The van der Waals surface area contributed by atoms with E-state index < -0.39 is 5.41 Å². The Hall–Kier alpha value is -1.38. The number of aryl methyl sites for hydroxylation is 1. The largest absolute Gasteiger partial charge is 0.340 e. The van der Waals surface area contributed by atoms with E-state index in [0.29, 0.717) is 0 Å². The maximum Gasteiger partial charge on any atom is 0.234 e. The topological polar surface area (TPSA) is 33.2 Å². The minimum atomic E-state index is -0.480. The molecule has 0 aliphatic carbocycles. The minimum absolute atomic E-state index is 0.0988. The van der Waals surface area contributed by atoms with Crippen LogP contribution in [-0.2, 0) is 10.2 Å². The van der Waals surface area contributed by atoms with Gasteiger partial charge >= 0.3 is 0 Å². The molecule has 92 valence electrons. The lowest BCUT2D eigenvalue weighted by Gasteiger charge is -2.26. The van der Waals surface area contributed by atoms with Crippen molar-refractivity contribution in [2.75, 3.05) is 7.05 Å². The van der Waals surface area contributed by atoms with Gasteiger partial charge < -0.3 is 4.90 Å². The highest BCUT2D eigenvalue weighted by Gasteiger charge is 2.52. The van der Waals surface area contributed by atoms with Crippen molar-refractivity contribution >= 4 is 5.91 Å². The number of rotatable bonds is 1. The number of hydrogen-bond acceptors (Lipinski definition) is 2. The van der Waals surface area contributed by atoms with Crippen LogP contribution < -0.4 is 0 Å². The predicted octanol–water partition coefficient (Wildman–Crippen LogP) is 2.29. The molecule has 1 aliphatic rings. The van der Waals surface area contributed by atoms with Crippen LogP contribution >= 0.6 is 0 Å². The summed E-state index contributed by atoms with van der Waals surface area (Å²) in [7, 11) is 1.88. The van der Waals surface area contributed by atoms with Crippen LogP contribution in [0.15, 0.2) is 18.3 Å². The second kappa shape index (κ2) is 3.56. The zero-order valence-corrected chi connectivity index (χ0v) is 11.2. The van der Waals surface area contributed by atoms with Crippen LogP contribution in [0.2, 0.25) is 0 Å². The normalized spacial score (nSPS) is 27.6. The molecule has 1 aromatic heterocycles. The number of aromatic nitrogens is 1. The lowest BCUT2D eigenvalue weighted by molar-refractivity contribution is -0.132. The SMILES string of the molecule is Cc1ccc(C2(C)CC(C)(C)N(C)C2=O)nc1. The van der Waals surface area contributed by atoms with Crippen molar-refractivity contribution in [2.45, 2.75) is 45.1 Å². The van der Waals surface area contributed by atoms with Gasteiger partial charge in [0.25, 0.3) is 0 Å². The fourth-order valence-corrected chi connectivity index (χ4v) is 2.70. The molecule has 1 amide bonds. The van der Waals surface area contributed by atoms with Gasteiger partial charge in [-0.25, -0.2) is 0 Å². The monoisotopic (exact) mass is 232 g/mol. The van der Waals surface area contributed by atoms with Crippen molar-refractivity contribution in [1.82, 2.24) is 9.88 Å². The van der Waals surface area contributed by atoms with Gasteiger partial charge in [0, 0.05) is 18.8 Å². The fraction of sp³-hybridized carbons (Fsp3) is 0.571. The summed E-state index contributed by atoms with van der Waals surface area (Å²) in [6, 6.07) is 3.99. The zero-order valence-electron chi connectivity index (χ0n) is 11.2. The smallest absolute Gasteiger partial charge is 0.234 e. The van der Waals surface area contributed by atoms with Crippen LogP contribution in [0.5, 0.6) is 0 Å². The van der Waals surface area contributed by atoms with Crippen LogP contribution in [-0.4, -0.2) is 28.4 Å². The van der Waals surface area contributed by atoms with Crippen LogP contribution in [0, 0.1) is 6.92 Å². The standard InChI is InChI=1S/C14H20N2O/c1-10-6-7-11(15-8-10)14(4)9-13(2,3)16(5)12(14)17/h6-8H,9H2,1-5H3. The third kappa shape index (κ3) is 1.74. The Morgan fingerprint density at radius 2 is 1.94 bits per heavy atom. The summed E-state index contributed by atoms with van der Waals surface area (Å²) >= 11 is 0. The number of carbonyl (C=O) groups excluding carboxylic acids is 1. The van der Waals surface area contributed by atoms with Crippen LogP contribution in [0.4, 0.5) is 0 Å². The molecule has 1 aliphatic heterocycles. The summed E-state index contributed by atoms with van der Waals surface area (Å²) in [6.45, 7) is 8.21. The Labute approximate surface area is 103 Å². The van der Waals surface area contributed by atoms with Crippen LogP contribution in [0.25, 0.3) is 0 Å². The summed E-state index contributed by atoms with van der Waals surface area (Å²) in [5.41, 5.74) is 1.42. The van der Waals surface area contributed by atoms with Crippen LogP contribution in [0.1, 0.15) is 38.4 Å². The molecule has 3 heteroatoms. The van der Waals surface area contributed by atoms with E-state index in [1.54, 1.807) is 0 Å². The minimum Gasteiger partial charge on any atom is -0.340 e. The number of likely N-dealkylation sites (N-methyl/N-ethyl adjacent to an activating group) is 1. The molecule has 3 nitrogen and oxygen atoms in total. The summed E-state index contributed by atoms with van der Waals surface area (Å²) in [5, 5.41) is 0. The van der Waals surface area contributed by atoms with Gasteiger partial charge in [0.15, 0.2) is 0 Å². The van der Waals surface area contributed by atoms with E-state index in [2.05, 4.69) is 18.8 Å². The van der Waals surface area contributed by atoms with Crippen molar-refractivity contribution in [3.05, 3.63) is 29.6 Å². The molecule has 0 spiro atoms. The Balaban J connectivity index is 2.44. The molecule has 17 heavy (non-hydrogen) atoms. The molecular formula is C14H20N2O. The first-order chi connectivity index (χ1) is 7.77. The van der Waals surface area contributed by atoms with Gasteiger partial charge in [0.2, 0.25) is 5.91 Å². The number of hydrogen-bond donors (Lipinski definition) is 0. The third-order valence-corrected chi connectivity index (χ3v) is 3.95. The van der Waals surface area contributed by atoms with Crippen molar-refractivity contribution in [2.24, 2.45) is 0 Å². The Kier molecular flexibility index (Phi) is 2.53. The first-order valence-electron chi connectivity index (χ1n) is 5.99. The maximum atomic E-state index is 12.4. The van der Waals surface area contributed by atoms with Crippen molar-refractivity contribution in [1.29, 1.82) is 0 Å². The average molecular weight is 232 g/mol. The number of nitrogens with zero attached hydrogens (tertiary/aromatic N) is 2. The van der Waals surface area contributed by atoms with Crippen molar-refractivity contribution < 1.29 is 4.79 Å². The van der Waals surface area contributed by atoms with Gasteiger partial charge in [0.05, 0.1) is 11.1 Å². The second-order valence-electron chi connectivity index (χ2n) is 5.91. The Bertz CT molecular complexity index is 450. The molecule has 0 saturated carbocycles. The van der Waals surface area contributed by atoms with Gasteiger partial charge in [0.1, 0.15) is 0 Å². The predicted molar refractivity (Wildman–Crippen MR) is 67.8 cm³/mol. The first kappa shape index (κ1) is 12.1. The van der Waals surface area contributed by atoms with Crippen LogP contribution in [0.3, 0.4) is 0 Å². The number of carbonyl (C=O) groups is 1. The summed E-state index contributed by atoms with van der Waals surface area (Å²) < 4.78 is 0. The van der Waals surface area contributed by atoms with E-state index in [1.165, 1.54) is 0 Å². The molecule has 2 rings (SSSR count). The van der Waals surface area contributed by atoms with Gasteiger partial charge in [-0.15, -0.1) is 0 Å². The van der Waals surface area contributed by atoms with Crippen molar-refractivity contribution in [3.63, 3.8) is 0 Å². The molecule has 1 atom stereocenters. The molecule has 1 unspecified atom stereocenters. The highest BCUT2D eigenvalue weighted by molar-refractivity contribution is 5.90. The van der Waals surface area contributed by atoms with E-state index >= 15 is 0 Å². The average Bonchev–Trinajstić information content (AvgIpc) is 2.41. The van der Waals surface area contributed by atoms with Crippen molar-refractivity contribution in [3.8, 4) is 0 Å². The lowest BCUT2D eigenvalue weighted by atomic mass is 9.80. The molecule has 0 aromatic carbocycles. The molecule has 2 heterocycles. The highest BCUT2D eigenvalue weighted by Crippen LogP contribution is 2.42. The van der Waals surface area contributed by atoms with E-state index in [9.17, 15) is 4.79 Å². The number of pyridine rings is 1.